The zero-order chi connectivity index (χ0) is 15.1. The fraction of sp³-hybridized carbons (Fsp3) is 0.500. The fourth-order valence-electron chi connectivity index (χ4n) is 3.88. The molecule has 4 atom stereocenters. The minimum Gasteiger partial charge on any atom is -0.363 e. The molecule has 0 spiro atoms. The third-order valence-electron chi connectivity index (χ3n) is 5.09. The summed E-state index contributed by atoms with van der Waals surface area (Å²) in [7, 11) is 0. The Kier molecular flexibility index (Phi) is 2.84. The molecule has 2 aliphatic heterocycles. The highest BCUT2D eigenvalue weighted by Gasteiger charge is 2.68. The lowest BCUT2D eigenvalue weighted by atomic mass is 9.54. The van der Waals surface area contributed by atoms with Gasteiger partial charge in [-0.3, -0.25) is 0 Å². The topological polar surface area (TPSA) is 104 Å². The summed E-state index contributed by atoms with van der Waals surface area (Å²) in [5.41, 5.74) is -0.982. The predicted molar refractivity (Wildman–Crippen MR) is 70.6 cm³/mol. The molecule has 0 aromatic carbocycles. The van der Waals surface area contributed by atoms with Gasteiger partial charge in [0, 0.05) is 11.1 Å². The van der Waals surface area contributed by atoms with Crippen molar-refractivity contribution in [3.63, 3.8) is 0 Å². The Morgan fingerprint density at radius 2 is 1.29 bits per heavy atom. The predicted octanol–water partition coefficient (Wildman–Crippen LogP) is 2.26. The van der Waals surface area contributed by atoms with Gasteiger partial charge in [-0.15, -0.1) is 0 Å². The third kappa shape index (κ3) is 1.45. The van der Waals surface area contributed by atoms with Crippen LogP contribution in [0.4, 0.5) is 0 Å². The maximum atomic E-state index is 9.79. The Bertz CT molecular complexity index is 663. The Morgan fingerprint density at radius 1 is 0.857 bits per heavy atom. The zero-order valence-electron chi connectivity index (χ0n) is 11.3. The summed E-state index contributed by atoms with van der Waals surface area (Å²) >= 11 is 0. The number of hydrogen-bond donors (Lipinski definition) is 0. The molecular formula is C16H12N4O. The van der Waals surface area contributed by atoms with Crippen LogP contribution in [0.5, 0.6) is 0 Å². The van der Waals surface area contributed by atoms with E-state index in [9.17, 15) is 21.0 Å². The van der Waals surface area contributed by atoms with Crippen molar-refractivity contribution < 1.29 is 4.74 Å². The summed E-state index contributed by atoms with van der Waals surface area (Å²) in [5, 5.41) is 38.0. The van der Waals surface area contributed by atoms with E-state index in [2.05, 4.69) is 24.3 Å². The van der Waals surface area contributed by atoms with Crippen molar-refractivity contribution >= 4 is 0 Å². The van der Waals surface area contributed by atoms with E-state index in [4.69, 9.17) is 4.74 Å². The normalized spacial score (nSPS) is 40.2. The highest BCUT2D eigenvalue weighted by molar-refractivity contribution is 5.43. The van der Waals surface area contributed by atoms with E-state index >= 15 is 0 Å². The SMILES string of the molecule is N#CC1=C(C#N)CC[C@@]2(C#N)[C@@H]3C=C[C@H](O3)[C@]2(C#N)CC1. The number of hydrogen-bond acceptors (Lipinski definition) is 5. The zero-order valence-corrected chi connectivity index (χ0v) is 11.3. The molecule has 5 heteroatoms. The molecule has 0 aromatic heterocycles. The largest absolute Gasteiger partial charge is 0.363 e. The molecule has 0 radical (unpaired) electrons. The Hall–Kier alpha value is -2.60. The van der Waals surface area contributed by atoms with Gasteiger partial charge < -0.3 is 4.74 Å². The van der Waals surface area contributed by atoms with Crippen molar-refractivity contribution in [3.05, 3.63) is 23.3 Å². The number of allylic oxidation sites excluding steroid dienone is 2. The summed E-state index contributed by atoms with van der Waals surface area (Å²) in [6.07, 6.45) is 4.35. The van der Waals surface area contributed by atoms with Crippen LogP contribution in [0, 0.1) is 56.2 Å². The van der Waals surface area contributed by atoms with E-state index in [0.717, 1.165) is 0 Å². The third-order valence-corrected chi connectivity index (χ3v) is 5.09. The number of fused-ring (bicyclic) bond motifs is 5. The standard InChI is InChI=1S/C16H12N4O/c17-7-11-3-5-15(9-19)13-1-2-14(21-13)16(15,10-20)6-4-12(11)8-18/h1-2,13-14H,3-6H2/t13-,14-,15+,16+/m0/s1. The number of nitrogens with zero attached hydrogens (tertiary/aromatic N) is 4. The summed E-state index contributed by atoms with van der Waals surface area (Å²) in [6.45, 7) is 0. The highest BCUT2D eigenvalue weighted by atomic mass is 16.5. The van der Waals surface area contributed by atoms with Crippen LogP contribution >= 0.6 is 0 Å². The summed E-state index contributed by atoms with van der Waals surface area (Å²) in [6, 6.07) is 8.82. The summed E-state index contributed by atoms with van der Waals surface area (Å²) in [5.74, 6) is 0. The molecule has 2 heterocycles. The molecule has 102 valence electrons. The van der Waals surface area contributed by atoms with Gasteiger partial charge in [-0.05, 0) is 25.7 Å². The average molecular weight is 276 g/mol. The van der Waals surface area contributed by atoms with Gasteiger partial charge in [-0.2, -0.15) is 21.0 Å². The van der Waals surface area contributed by atoms with Crippen LogP contribution in [-0.4, -0.2) is 12.2 Å². The van der Waals surface area contributed by atoms with Gasteiger partial charge in [0.15, 0.2) is 0 Å². The monoisotopic (exact) mass is 276 g/mol. The van der Waals surface area contributed by atoms with Gasteiger partial charge in [-0.25, -0.2) is 0 Å². The Morgan fingerprint density at radius 3 is 1.62 bits per heavy atom. The van der Waals surface area contributed by atoms with Crippen LogP contribution in [0.1, 0.15) is 25.7 Å². The Balaban J connectivity index is 2.14. The first-order chi connectivity index (χ1) is 10.2. The van der Waals surface area contributed by atoms with E-state index in [1.807, 2.05) is 12.2 Å². The van der Waals surface area contributed by atoms with Crippen molar-refractivity contribution in [2.45, 2.75) is 37.9 Å². The van der Waals surface area contributed by atoms with Crippen molar-refractivity contribution in [2.24, 2.45) is 10.8 Å². The molecule has 3 aliphatic rings. The lowest BCUT2D eigenvalue weighted by Crippen LogP contribution is -2.47. The molecule has 5 nitrogen and oxygen atoms in total. The number of ether oxygens (including phenoxy) is 1. The Labute approximate surface area is 123 Å². The van der Waals surface area contributed by atoms with Crippen molar-refractivity contribution in [1.82, 2.24) is 0 Å². The molecule has 2 bridgehead atoms. The van der Waals surface area contributed by atoms with Crippen molar-refractivity contribution in [1.29, 1.82) is 21.0 Å². The van der Waals surface area contributed by atoms with E-state index < -0.39 is 23.0 Å². The number of rotatable bonds is 0. The second-order valence-electron chi connectivity index (χ2n) is 5.71. The molecule has 0 aromatic rings. The van der Waals surface area contributed by atoms with Crippen LogP contribution in [0.25, 0.3) is 0 Å². The molecule has 0 unspecified atom stereocenters. The molecule has 1 aliphatic carbocycles. The van der Waals surface area contributed by atoms with Gasteiger partial charge in [0.2, 0.25) is 0 Å². The van der Waals surface area contributed by atoms with Crippen LogP contribution in [0.3, 0.4) is 0 Å². The first-order valence-corrected chi connectivity index (χ1v) is 6.86. The van der Waals surface area contributed by atoms with Crippen LogP contribution in [0.15, 0.2) is 23.3 Å². The first kappa shape index (κ1) is 13.4. The summed E-state index contributed by atoms with van der Waals surface area (Å²) in [4.78, 5) is 0. The first-order valence-electron chi connectivity index (χ1n) is 6.86. The van der Waals surface area contributed by atoms with Crippen LogP contribution in [-0.2, 0) is 4.74 Å². The van der Waals surface area contributed by atoms with Crippen molar-refractivity contribution in [2.75, 3.05) is 0 Å². The maximum absolute atomic E-state index is 9.79. The van der Waals surface area contributed by atoms with Gasteiger partial charge in [0.25, 0.3) is 0 Å². The second kappa shape index (κ2) is 4.46. The van der Waals surface area contributed by atoms with Crippen LogP contribution < -0.4 is 0 Å². The van der Waals surface area contributed by atoms with Gasteiger partial charge in [0.1, 0.15) is 10.8 Å². The number of nitriles is 4. The smallest absolute Gasteiger partial charge is 0.109 e. The molecular weight excluding hydrogens is 264 g/mol. The lowest BCUT2D eigenvalue weighted by molar-refractivity contribution is 0.0898. The highest BCUT2D eigenvalue weighted by Crippen LogP contribution is 2.62. The quantitative estimate of drug-likeness (QED) is 0.631. The lowest BCUT2D eigenvalue weighted by Gasteiger charge is -2.41. The van der Waals surface area contributed by atoms with E-state index in [-0.39, 0.29) is 0 Å². The molecule has 0 saturated carbocycles. The molecule has 1 saturated heterocycles. The average Bonchev–Trinajstić information content (AvgIpc) is 3.07. The second-order valence-corrected chi connectivity index (χ2v) is 5.71. The molecule has 3 rings (SSSR count). The van der Waals surface area contributed by atoms with Crippen molar-refractivity contribution in [3.8, 4) is 24.3 Å². The maximum Gasteiger partial charge on any atom is 0.109 e. The minimum atomic E-state index is -0.926. The molecule has 1 fully saturated rings. The van der Waals surface area contributed by atoms with Crippen LogP contribution in [0.2, 0.25) is 0 Å². The molecule has 0 N–H and O–H groups in total. The molecule has 0 amide bonds. The fourth-order valence-corrected chi connectivity index (χ4v) is 3.88. The van der Waals surface area contributed by atoms with Gasteiger partial charge >= 0.3 is 0 Å². The minimum absolute atomic E-state index is 0.344. The summed E-state index contributed by atoms with van der Waals surface area (Å²) < 4.78 is 5.82. The van der Waals surface area contributed by atoms with E-state index in [1.54, 1.807) is 0 Å². The van der Waals surface area contributed by atoms with Gasteiger partial charge in [0.05, 0.1) is 36.5 Å². The van der Waals surface area contributed by atoms with E-state index in [1.165, 1.54) is 0 Å². The van der Waals surface area contributed by atoms with E-state index in [0.29, 0.717) is 36.8 Å². The van der Waals surface area contributed by atoms with Gasteiger partial charge in [-0.1, -0.05) is 12.2 Å². The molecule has 21 heavy (non-hydrogen) atoms.